The summed E-state index contributed by atoms with van der Waals surface area (Å²) in [6.07, 6.45) is 0.137. The quantitative estimate of drug-likeness (QED) is 0.682. The molecule has 1 atom stereocenters. The Hall–Kier alpha value is -2.66. The fraction of sp³-hybridized carbons (Fsp3) is 0.211. The largest absolute Gasteiger partial charge is 0.508 e. The number of carboxylic acid groups (broad SMARTS) is 1. The van der Waals surface area contributed by atoms with E-state index < -0.39 is 11.9 Å². The number of phenolic OH excluding ortho intramolecular Hbond substituents is 2. The summed E-state index contributed by atoms with van der Waals surface area (Å²) >= 11 is 5.98. The molecule has 3 rings (SSSR count). The van der Waals surface area contributed by atoms with Crippen LogP contribution in [-0.4, -0.2) is 21.3 Å². The first-order valence-corrected chi connectivity index (χ1v) is 8.18. The molecular weight excluding hydrogens is 344 g/mol. The highest BCUT2D eigenvalue weighted by Crippen LogP contribution is 2.53. The van der Waals surface area contributed by atoms with E-state index >= 15 is 0 Å². The molecular formula is C19H17ClO5. The number of carboxylic acids is 1. The number of aromatic hydroxyl groups is 2. The van der Waals surface area contributed by atoms with Gasteiger partial charge in [-0.1, -0.05) is 29.8 Å². The molecule has 0 fully saturated rings. The molecule has 0 saturated carbocycles. The van der Waals surface area contributed by atoms with E-state index in [4.69, 9.17) is 21.4 Å². The topological polar surface area (TPSA) is 87.0 Å². The minimum atomic E-state index is -0.942. The Morgan fingerprint density at radius 3 is 2.56 bits per heavy atom. The summed E-state index contributed by atoms with van der Waals surface area (Å²) in [5.74, 6) is -0.541. The van der Waals surface area contributed by atoms with Crippen LogP contribution in [0.2, 0.25) is 5.02 Å². The van der Waals surface area contributed by atoms with E-state index in [1.165, 1.54) is 6.07 Å². The summed E-state index contributed by atoms with van der Waals surface area (Å²) in [5.41, 5.74) is 1.49. The molecule has 2 aromatic rings. The van der Waals surface area contributed by atoms with Gasteiger partial charge in [0.05, 0.1) is 5.02 Å². The maximum atomic E-state index is 11.0. The Kier molecular flexibility index (Phi) is 4.59. The zero-order chi connectivity index (χ0) is 18.1. The SMILES string of the molecule is CC1=C(Oc2ccccc2)C(CCC(=O)O)c2c(O)cc(Cl)c(O)c21. The zero-order valence-electron chi connectivity index (χ0n) is 13.5. The fourth-order valence-corrected chi connectivity index (χ4v) is 3.39. The van der Waals surface area contributed by atoms with Gasteiger partial charge >= 0.3 is 5.97 Å². The summed E-state index contributed by atoms with van der Waals surface area (Å²) in [7, 11) is 0. The van der Waals surface area contributed by atoms with E-state index in [1.54, 1.807) is 19.1 Å². The molecule has 130 valence electrons. The molecule has 0 aliphatic heterocycles. The van der Waals surface area contributed by atoms with E-state index in [1.807, 2.05) is 18.2 Å². The van der Waals surface area contributed by atoms with Gasteiger partial charge in [0.1, 0.15) is 23.0 Å². The van der Waals surface area contributed by atoms with Crippen molar-refractivity contribution in [3.05, 3.63) is 58.3 Å². The van der Waals surface area contributed by atoms with Crippen molar-refractivity contribution in [1.29, 1.82) is 0 Å². The monoisotopic (exact) mass is 360 g/mol. The third kappa shape index (κ3) is 3.15. The molecule has 3 N–H and O–H groups in total. The summed E-state index contributed by atoms with van der Waals surface area (Å²) in [5, 5.41) is 29.8. The maximum absolute atomic E-state index is 11.0. The number of ether oxygens (including phenoxy) is 1. The molecule has 0 heterocycles. The molecule has 1 unspecified atom stereocenters. The molecule has 6 heteroatoms. The number of carbonyl (C=O) groups is 1. The van der Waals surface area contributed by atoms with Gasteiger partial charge in [-0.3, -0.25) is 4.79 Å². The second kappa shape index (κ2) is 6.69. The lowest BCUT2D eigenvalue weighted by Gasteiger charge is -2.18. The second-order valence-electron chi connectivity index (χ2n) is 5.90. The van der Waals surface area contributed by atoms with Gasteiger partial charge in [0, 0.05) is 29.5 Å². The van der Waals surface area contributed by atoms with Crippen LogP contribution < -0.4 is 4.74 Å². The average Bonchev–Trinajstić information content (AvgIpc) is 2.85. The number of halogens is 1. The van der Waals surface area contributed by atoms with Gasteiger partial charge in [-0.05, 0) is 31.1 Å². The van der Waals surface area contributed by atoms with Crippen molar-refractivity contribution >= 4 is 23.1 Å². The fourth-order valence-electron chi connectivity index (χ4n) is 3.20. The molecule has 2 aromatic carbocycles. The molecule has 25 heavy (non-hydrogen) atoms. The van der Waals surface area contributed by atoms with Gasteiger partial charge in [0.25, 0.3) is 0 Å². The lowest BCUT2D eigenvalue weighted by molar-refractivity contribution is -0.137. The molecule has 0 spiro atoms. The van der Waals surface area contributed by atoms with Gasteiger partial charge in [-0.25, -0.2) is 0 Å². The van der Waals surface area contributed by atoms with Crippen LogP contribution in [0.5, 0.6) is 17.2 Å². The second-order valence-corrected chi connectivity index (χ2v) is 6.31. The number of phenols is 2. The smallest absolute Gasteiger partial charge is 0.303 e. The van der Waals surface area contributed by atoms with E-state index in [9.17, 15) is 15.0 Å². The highest BCUT2D eigenvalue weighted by Gasteiger charge is 2.37. The van der Waals surface area contributed by atoms with E-state index in [2.05, 4.69) is 0 Å². The Labute approximate surface area is 149 Å². The summed E-state index contributed by atoms with van der Waals surface area (Å²) in [4.78, 5) is 11.0. The molecule has 0 amide bonds. The van der Waals surface area contributed by atoms with Crippen LogP contribution in [0.25, 0.3) is 5.57 Å². The normalized spacial score (nSPS) is 16.0. The molecule has 0 saturated heterocycles. The van der Waals surface area contributed by atoms with Crippen molar-refractivity contribution in [3.63, 3.8) is 0 Å². The van der Waals surface area contributed by atoms with Crippen LogP contribution in [0, 0.1) is 0 Å². The minimum Gasteiger partial charge on any atom is -0.508 e. The third-order valence-corrected chi connectivity index (χ3v) is 4.59. The maximum Gasteiger partial charge on any atom is 0.303 e. The number of hydrogen-bond donors (Lipinski definition) is 3. The number of benzene rings is 2. The highest BCUT2D eigenvalue weighted by atomic mass is 35.5. The molecule has 0 radical (unpaired) electrons. The summed E-state index contributed by atoms with van der Waals surface area (Å²) < 4.78 is 5.99. The number of hydrogen-bond acceptors (Lipinski definition) is 4. The van der Waals surface area contributed by atoms with Crippen LogP contribution >= 0.6 is 11.6 Å². The van der Waals surface area contributed by atoms with Crippen molar-refractivity contribution < 1.29 is 24.9 Å². The molecule has 1 aliphatic rings. The first-order valence-electron chi connectivity index (χ1n) is 7.80. The number of aliphatic carboxylic acids is 1. The van der Waals surface area contributed by atoms with Crippen LogP contribution in [0.3, 0.4) is 0 Å². The van der Waals surface area contributed by atoms with Gasteiger partial charge in [0.15, 0.2) is 0 Å². The van der Waals surface area contributed by atoms with Crippen molar-refractivity contribution in [2.24, 2.45) is 0 Å². The molecule has 0 aromatic heterocycles. The Balaban J connectivity index is 2.10. The number of para-hydroxylation sites is 1. The van der Waals surface area contributed by atoms with Crippen LogP contribution in [0.1, 0.15) is 36.8 Å². The lowest BCUT2D eigenvalue weighted by Crippen LogP contribution is -2.08. The van der Waals surface area contributed by atoms with Gasteiger partial charge < -0.3 is 20.1 Å². The van der Waals surface area contributed by atoms with Crippen LogP contribution in [0.15, 0.2) is 42.2 Å². The van der Waals surface area contributed by atoms with E-state index in [0.717, 1.165) is 0 Å². The van der Waals surface area contributed by atoms with Crippen LogP contribution in [-0.2, 0) is 4.79 Å². The van der Waals surface area contributed by atoms with Gasteiger partial charge in [-0.15, -0.1) is 0 Å². The van der Waals surface area contributed by atoms with Crippen molar-refractivity contribution in [3.8, 4) is 17.2 Å². The third-order valence-electron chi connectivity index (χ3n) is 4.30. The Morgan fingerprint density at radius 1 is 1.24 bits per heavy atom. The zero-order valence-corrected chi connectivity index (χ0v) is 14.2. The van der Waals surface area contributed by atoms with E-state index in [-0.39, 0.29) is 29.4 Å². The van der Waals surface area contributed by atoms with E-state index in [0.29, 0.717) is 28.2 Å². The first-order chi connectivity index (χ1) is 11.9. The predicted molar refractivity (Wildman–Crippen MR) is 94.1 cm³/mol. The molecule has 5 nitrogen and oxygen atoms in total. The average molecular weight is 361 g/mol. The molecule has 0 bridgehead atoms. The summed E-state index contributed by atoms with van der Waals surface area (Å²) in [6.45, 7) is 1.76. The number of rotatable bonds is 5. The van der Waals surface area contributed by atoms with Gasteiger partial charge in [-0.2, -0.15) is 0 Å². The lowest BCUT2D eigenvalue weighted by atomic mass is 9.93. The Bertz CT molecular complexity index is 858. The minimum absolute atomic E-state index is 0.0357. The predicted octanol–water partition coefficient (Wildman–Crippen LogP) is 4.52. The number of fused-ring (bicyclic) bond motifs is 1. The Morgan fingerprint density at radius 2 is 1.92 bits per heavy atom. The van der Waals surface area contributed by atoms with Crippen molar-refractivity contribution in [2.45, 2.75) is 25.7 Å². The molecule has 1 aliphatic carbocycles. The van der Waals surface area contributed by atoms with Crippen molar-refractivity contribution in [1.82, 2.24) is 0 Å². The summed E-state index contributed by atoms with van der Waals surface area (Å²) in [6, 6.07) is 10.3. The first kappa shape index (κ1) is 17.2. The van der Waals surface area contributed by atoms with Crippen molar-refractivity contribution in [2.75, 3.05) is 0 Å². The van der Waals surface area contributed by atoms with Crippen LogP contribution in [0.4, 0.5) is 0 Å². The standard InChI is InChI=1S/C19H17ClO5/c1-10-16-17(14(21)9-13(20)18(16)24)12(7-8-15(22)23)19(10)25-11-5-3-2-4-6-11/h2-6,9,12,21,24H,7-8H2,1H3,(H,22,23). The highest BCUT2D eigenvalue weighted by molar-refractivity contribution is 6.32. The number of allylic oxidation sites excluding steroid dienone is 2. The van der Waals surface area contributed by atoms with Gasteiger partial charge in [0.2, 0.25) is 0 Å².